The number of para-hydroxylation sites is 1. The molecule has 0 saturated carbocycles. The third kappa shape index (κ3) is 2.51. The Morgan fingerprint density at radius 3 is 2.50 bits per heavy atom. The van der Waals surface area contributed by atoms with Crippen LogP contribution in [-0.2, 0) is 10.0 Å². The molecule has 1 heterocycles. The van der Waals surface area contributed by atoms with Gasteiger partial charge in [0, 0.05) is 11.6 Å². The molecule has 0 amide bonds. The molecule has 24 heavy (non-hydrogen) atoms. The molecule has 1 atom stereocenters. The molecule has 0 fully saturated rings. The second kappa shape index (κ2) is 5.99. The van der Waals surface area contributed by atoms with E-state index < -0.39 is 15.3 Å². The minimum atomic E-state index is -3.79. The number of hydrogen-bond acceptors (Lipinski definition) is 3. The maximum Gasteiger partial charge on any atom is 0.249 e. The first-order valence-electron chi connectivity index (χ1n) is 7.42. The summed E-state index contributed by atoms with van der Waals surface area (Å²) < 4.78 is 27.5. The molecular formula is C19H16N2O2S. The third-order valence-electron chi connectivity index (χ3n) is 4.01. The Bertz CT molecular complexity index is 1050. The van der Waals surface area contributed by atoms with Gasteiger partial charge in [0.1, 0.15) is 11.3 Å². The SMILES string of the molecule is C=CC(c1ccc(C)cc1)S(=O)(=O)n1ccc2cccc(C#N)c21. The Kier molecular flexibility index (Phi) is 4.00. The molecule has 3 aromatic rings. The maximum absolute atomic E-state index is 13.2. The van der Waals surface area contributed by atoms with Crippen molar-refractivity contribution >= 4 is 20.9 Å². The summed E-state index contributed by atoms with van der Waals surface area (Å²) in [5, 5.41) is 9.13. The lowest BCUT2D eigenvalue weighted by molar-refractivity contribution is 0.583. The first-order chi connectivity index (χ1) is 11.5. The zero-order chi connectivity index (χ0) is 17.3. The topological polar surface area (TPSA) is 62.9 Å². The lowest BCUT2D eigenvalue weighted by Crippen LogP contribution is -2.19. The number of fused-ring (bicyclic) bond motifs is 1. The molecule has 120 valence electrons. The number of aryl methyl sites for hydroxylation is 1. The van der Waals surface area contributed by atoms with Crippen molar-refractivity contribution in [2.45, 2.75) is 12.2 Å². The van der Waals surface area contributed by atoms with Crippen LogP contribution in [0.3, 0.4) is 0 Å². The summed E-state index contributed by atoms with van der Waals surface area (Å²) in [6.07, 6.45) is 2.91. The van der Waals surface area contributed by atoms with Gasteiger partial charge in [-0.25, -0.2) is 12.4 Å². The molecule has 5 heteroatoms. The predicted octanol–water partition coefficient (Wildman–Crippen LogP) is 3.93. The molecule has 1 unspecified atom stereocenters. The summed E-state index contributed by atoms with van der Waals surface area (Å²) in [5.74, 6) is 0. The van der Waals surface area contributed by atoms with Gasteiger partial charge in [-0.15, -0.1) is 6.58 Å². The van der Waals surface area contributed by atoms with Gasteiger partial charge in [0.2, 0.25) is 10.0 Å². The van der Waals surface area contributed by atoms with E-state index in [1.54, 1.807) is 36.4 Å². The van der Waals surface area contributed by atoms with Gasteiger partial charge in [-0.3, -0.25) is 0 Å². The Labute approximate surface area is 141 Å². The largest absolute Gasteiger partial charge is 0.249 e. The minimum Gasteiger partial charge on any atom is -0.243 e. The van der Waals surface area contributed by atoms with Crippen LogP contribution in [0, 0.1) is 18.3 Å². The lowest BCUT2D eigenvalue weighted by Gasteiger charge is -2.16. The second-order valence-electron chi connectivity index (χ2n) is 5.58. The van der Waals surface area contributed by atoms with Crippen molar-refractivity contribution in [3.8, 4) is 6.07 Å². The van der Waals surface area contributed by atoms with Crippen molar-refractivity contribution in [2.75, 3.05) is 0 Å². The van der Waals surface area contributed by atoms with E-state index in [9.17, 15) is 13.7 Å². The zero-order valence-corrected chi connectivity index (χ0v) is 14.0. The van der Waals surface area contributed by atoms with Gasteiger partial charge < -0.3 is 0 Å². The predicted molar refractivity (Wildman–Crippen MR) is 95.1 cm³/mol. The highest BCUT2D eigenvalue weighted by Crippen LogP contribution is 2.30. The number of benzene rings is 2. The van der Waals surface area contributed by atoms with E-state index in [0.717, 1.165) is 5.56 Å². The fourth-order valence-electron chi connectivity index (χ4n) is 2.77. The molecule has 0 aliphatic carbocycles. The van der Waals surface area contributed by atoms with Crippen molar-refractivity contribution < 1.29 is 8.42 Å². The van der Waals surface area contributed by atoms with Gasteiger partial charge in [-0.05, 0) is 24.6 Å². The number of rotatable bonds is 4. The minimum absolute atomic E-state index is 0.327. The van der Waals surface area contributed by atoms with Gasteiger partial charge in [0.25, 0.3) is 0 Å². The van der Waals surface area contributed by atoms with Crippen molar-refractivity contribution in [3.05, 3.63) is 84.1 Å². The van der Waals surface area contributed by atoms with Crippen LogP contribution in [0.15, 0.2) is 67.4 Å². The fraction of sp³-hybridized carbons (Fsp3) is 0.105. The molecular weight excluding hydrogens is 320 g/mol. The molecule has 0 bridgehead atoms. The summed E-state index contributed by atoms with van der Waals surface area (Å²) in [6, 6.07) is 16.2. The first kappa shape index (κ1) is 16.0. The van der Waals surface area contributed by atoms with Crippen molar-refractivity contribution in [1.29, 1.82) is 5.26 Å². The summed E-state index contributed by atoms with van der Waals surface area (Å²) in [4.78, 5) is 0. The van der Waals surface area contributed by atoms with Gasteiger partial charge >= 0.3 is 0 Å². The van der Waals surface area contributed by atoms with Crippen molar-refractivity contribution in [2.24, 2.45) is 0 Å². The maximum atomic E-state index is 13.2. The average molecular weight is 336 g/mol. The number of aromatic nitrogens is 1. The number of nitriles is 1. The Morgan fingerprint density at radius 2 is 1.88 bits per heavy atom. The molecule has 0 aliphatic heterocycles. The second-order valence-corrected chi connectivity index (χ2v) is 7.51. The standard InChI is InChI=1S/C19H16N2O2S/c1-3-18(15-9-7-14(2)8-10-15)24(22,23)21-12-11-16-5-4-6-17(13-20)19(16)21/h3-12,18H,1H2,2H3. The highest BCUT2D eigenvalue weighted by Gasteiger charge is 2.28. The van der Waals surface area contributed by atoms with Crippen LogP contribution in [0.25, 0.3) is 10.9 Å². The molecule has 3 rings (SSSR count). The highest BCUT2D eigenvalue weighted by molar-refractivity contribution is 7.90. The summed E-state index contributed by atoms with van der Waals surface area (Å²) in [5.41, 5.74) is 2.43. The van der Waals surface area contributed by atoms with E-state index in [1.165, 1.54) is 16.2 Å². The summed E-state index contributed by atoms with van der Waals surface area (Å²) in [7, 11) is -3.79. The molecule has 0 spiro atoms. The third-order valence-corrected chi connectivity index (χ3v) is 5.97. The van der Waals surface area contributed by atoms with Gasteiger partial charge in [0.15, 0.2) is 0 Å². The molecule has 0 N–H and O–H groups in total. The van der Waals surface area contributed by atoms with Crippen LogP contribution in [0.1, 0.15) is 21.9 Å². The van der Waals surface area contributed by atoms with Crippen LogP contribution in [0.4, 0.5) is 0 Å². The smallest absolute Gasteiger partial charge is 0.243 e. The molecule has 1 aromatic heterocycles. The Morgan fingerprint density at radius 1 is 1.17 bits per heavy atom. The van der Waals surface area contributed by atoms with E-state index in [2.05, 4.69) is 12.6 Å². The number of nitrogens with zero attached hydrogens (tertiary/aromatic N) is 2. The monoisotopic (exact) mass is 336 g/mol. The molecule has 0 radical (unpaired) electrons. The molecule has 0 saturated heterocycles. The van der Waals surface area contributed by atoms with Crippen molar-refractivity contribution in [3.63, 3.8) is 0 Å². The van der Waals surface area contributed by atoms with Gasteiger partial charge in [-0.1, -0.05) is 48.0 Å². The number of hydrogen-bond donors (Lipinski definition) is 0. The first-order valence-corrected chi connectivity index (χ1v) is 8.93. The van der Waals surface area contributed by atoms with Gasteiger partial charge in [0.05, 0.1) is 11.1 Å². The van der Waals surface area contributed by atoms with E-state index >= 15 is 0 Å². The van der Waals surface area contributed by atoms with Crippen LogP contribution >= 0.6 is 0 Å². The Balaban J connectivity index is 2.22. The van der Waals surface area contributed by atoms with Crippen LogP contribution in [0.5, 0.6) is 0 Å². The van der Waals surface area contributed by atoms with Crippen molar-refractivity contribution in [1.82, 2.24) is 3.97 Å². The van der Waals surface area contributed by atoms with E-state index in [4.69, 9.17) is 0 Å². The summed E-state index contributed by atoms with van der Waals surface area (Å²) in [6.45, 7) is 5.65. The molecule has 0 aliphatic rings. The zero-order valence-electron chi connectivity index (χ0n) is 13.2. The van der Waals surface area contributed by atoms with Crippen LogP contribution in [0.2, 0.25) is 0 Å². The normalized spacial score (nSPS) is 12.7. The van der Waals surface area contributed by atoms with Crippen LogP contribution in [-0.4, -0.2) is 12.4 Å². The fourth-order valence-corrected chi connectivity index (χ4v) is 4.45. The lowest BCUT2D eigenvalue weighted by atomic mass is 10.1. The van der Waals surface area contributed by atoms with E-state index in [0.29, 0.717) is 22.0 Å². The molecule has 2 aromatic carbocycles. The summed E-state index contributed by atoms with van der Waals surface area (Å²) >= 11 is 0. The highest BCUT2D eigenvalue weighted by atomic mass is 32.2. The van der Waals surface area contributed by atoms with E-state index in [1.807, 2.05) is 19.1 Å². The van der Waals surface area contributed by atoms with E-state index in [-0.39, 0.29) is 0 Å². The Hall–Kier alpha value is -2.84. The average Bonchev–Trinajstić information content (AvgIpc) is 3.02. The van der Waals surface area contributed by atoms with Crippen LogP contribution < -0.4 is 0 Å². The van der Waals surface area contributed by atoms with Gasteiger partial charge in [-0.2, -0.15) is 5.26 Å². The molecule has 4 nitrogen and oxygen atoms in total. The quantitative estimate of drug-likeness (QED) is 0.678.